The maximum atomic E-state index is 12.6. The van der Waals surface area contributed by atoms with Crippen LogP contribution in [0.1, 0.15) is 27.2 Å². The zero-order chi connectivity index (χ0) is 16.4. The van der Waals surface area contributed by atoms with Crippen LogP contribution in [0.3, 0.4) is 0 Å². The number of aryl methyl sites for hydroxylation is 2. The molecule has 1 amide bonds. The number of nitrogens with one attached hydrogen (secondary N) is 1. The SMILES string of the molecule is Cc1cccc(CNC(=O)c2cc(C)nc3ccc(Br)cc23)c1. The first kappa shape index (κ1) is 15.7. The van der Waals surface area contributed by atoms with E-state index in [-0.39, 0.29) is 5.91 Å². The van der Waals surface area contributed by atoms with Crippen molar-refractivity contribution in [2.75, 3.05) is 0 Å². The predicted molar refractivity (Wildman–Crippen MR) is 96.5 cm³/mol. The van der Waals surface area contributed by atoms with E-state index in [2.05, 4.69) is 32.3 Å². The van der Waals surface area contributed by atoms with Crippen molar-refractivity contribution in [2.45, 2.75) is 20.4 Å². The number of aromatic nitrogens is 1. The number of carbonyl (C=O) groups is 1. The Morgan fingerprint density at radius 1 is 1.13 bits per heavy atom. The smallest absolute Gasteiger partial charge is 0.252 e. The first-order chi connectivity index (χ1) is 11.0. The molecule has 116 valence electrons. The minimum atomic E-state index is -0.0832. The van der Waals surface area contributed by atoms with Gasteiger partial charge in [0.25, 0.3) is 5.91 Å². The molecule has 0 fully saturated rings. The van der Waals surface area contributed by atoms with Gasteiger partial charge in [0.2, 0.25) is 0 Å². The summed E-state index contributed by atoms with van der Waals surface area (Å²) in [7, 11) is 0. The highest BCUT2D eigenvalue weighted by Crippen LogP contribution is 2.23. The highest BCUT2D eigenvalue weighted by Gasteiger charge is 2.12. The van der Waals surface area contributed by atoms with E-state index in [4.69, 9.17) is 0 Å². The fraction of sp³-hybridized carbons (Fsp3) is 0.158. The van der Waals surface area contributed by atoms with Gasteiger partial charge in [0.05, 0.1) is 11.1 Å². The van der Waals surface area contributed by atoms with Crippen LogP contribution >= 0.6 is 15.9 Å². The fourth-order valence-corrected chi connectivity index (χ4v) is 2.98. The van der Waals surface area contributed by atoms with Crippen molar-refractivity contribution in [3.63, 3.8) is 0 Å². The molecule has 0 aliphatic heterocycles. The lowest BCUT2D eigenvalue weighted by atomic mass is 10.1. The predicted octanol–water partition coefficient (Wildman–Crippen LogP) is 4.54. The second kappa shape index (κ2) is 6.50. The number of hydrogen-bond donors (Lipinski definition) is 1. The molecule has 2 aromatic carbocycles. The molecule has 0 atom stereocenters. The van der Waals surface area contributed by atoms with E-state index in [9.17, 15) is 4.79 Å². The van der Waals surface area contributed by atoms with E-state index in [1.54, 1.807) is 0 Å². The highest BCUT2D eigenvalue weighted by molar-refractivity contribution is 9.10. The summed E-state index contributed by atoms with van der Waals surface area (Å²) in [6, 6.07) is 15.8. The van der Waals surface area contributed by atoms with E-state index in [1.165, 1.54) is 5.56 Å². The Kier molecular flexibility index (Phi) is 4.44. The molecule has 0 aliphatic rings. The van der Waals surface area contributed by atoms with E-state index < -0.39 is 0 Å². The van der Waals surface area contributed by atoms with Crippen molar-refractivity contribution in [3.05, 3.63) is 75.4 Å². The van der Waals surface area contributed by atoms with Crippen molar-refractivity contribution >= 4 is 32.7 Å². The standard InChI is InChI=1S/C19H17BrN2O/c1-12-4-3-5-14(8-12)11-21-19(23)17-9-13(2)22-18-7-6-15(20)10-16(17)18/h3-10H,11H2,1-2H3,(H,21,23). The van der Waals surface area contributed by atoms with Crippen LogP contribution in [0.5, 0.6) is 0 Å². The third kappa shape index (κ3) is 3.59. The minimum Gasteiger partial charge on any atom is -0.348 e. The molecule has 0 saturated carbocycles. The Labute approximate surface area is 143 Å². The number of rotatable bonds is 3. The fourth-order valence-electron chi connectivity index (χ4n) is 2.62. The van der Waals surface area contributed by atoms with Crippen LogP contribution in [-0.2, 0) is 6.54 Å². The summed E-state index contributed by atoms with van der Waals surface area (Å²) in [5, 5.41) is 3.85. The lowest BCUT2D eigenvalue weighted by molar-refractivity contribution is 0.0952. The van der Waals surface area contributed by atoms with Crippen LogP contribution in [0, 0.1) is 13.8 Å². The molecule has 3 nitrogen and oxygen atoms in total. The Balaban J connectivity index is 1.90. The summed E-state index contributed by atoms with van der Waals surface area (Å²) >= 11 is 3.46. The second-order valence-electron chi connectivity index (χ2n) is 5.64. The highest BCUT2D eigenvalue weighted by atomic mass is 79.9. The number of pyridine rings is 1. The Morgan fingerprint density at radius 2 is 1.96 bits per heavy atom. The monoisotopic (exact) mass is 368 g/mol. The van der Waals surface area contributed by atoms with Crippen LogP contribution in [0.2, 0.25) is 0 Å². The van der Waals surface area contributed by atoms with Gasteiger partial charge in [-0.25, -0.2) is 0 Å². The average Bonchev–Trinajstić information content (AvgIpc) is 2.52. The molecule has 1 heterocycles. The third-order valence-electron chi connectivity index (χ3n) is 3.68. The number of hydrogen-bond acceptors (Lipinski definition) is 2. The molecule has 0 unspecified atom stereocenters. The maximum Gasteiger partial charge on any atom is 0.252 e. The van der Waals surface area contributed by atoms with Crippen molar-refractivity contribution in [1.82, 2.24) is 10.3 Å². The van der Waals surface area contributed by atoms with Gasteiger partial charge in [0.15, 0.2) is 0 Å². The molecular formula is C19H17BrN2O. The normalized spacial score (nSPS) is 10.7. The quantitative estimate of drug-likeness (QED) is 0.736. The minimum absolute atomic E-state index is 0.0832. The lowest BCUT2D eigenvalue weighted by Gasteiger charge is -2.10. The molecule has 4 heteroatoms. The first-order valence-corrected chi connectivity index (χ1v) is 8.23. The topological polar surface area (TPSA) is 42.0 Å². The van der Waals surface area contributed by atoms with Gasteiger partial charge in [0, 0.05) is 22.1 Å². The Hall–Kier alpha value is -2.20. The van der Waals surface area contributed by atoms with Crippen LogP contribution in [0.4, 0.5) is 0 Å². The molecular weight excluding hydrogens is 352 g/mol. The van der Waals surface area contributed by atoms with Crippen LogP contribution in [0.15, 0.2) is 53.0 Å². The van der Waals surface area contributed by atoms with Gasteiger partial charge < -0.3 is 5.32 Å². The molecule has 1 N–H and O–H groups in total. The molecule has 23 heavy (non-hydrogen) atoms. The molecule has 0 spiro atoms. The van der Waals surface area contributed by atoms with Gasteiger partial charge in [-0.1, -0.05) is 45.8 Å². The van der Waals surface area contributed by atoms with E-state index in [0.717, 1.165) is 26.6 Å². The second-order valence-corrected chi connectivity index (χ2v) is 6.56. The third-order valence-corrected chi connectivity index (χ3v) is 4.17. The summed E-state index contributed by atoms with van der Waals surface area (Å²) in [5.74, 6) is -0.0832. The molecule has 0 radical (unpaired) electrons. The summed E-state index contributed by atoms with van der Waals surface area (Å²) in [4.78, 5) is 17.1. The van der Waals surface area contributed by atoms with Gasteiger partial charge in [-0.05, 0) is 43.7 Å². The molecule has 3 aromatic rings. The van der Waals surface area contributed by atoms with E-state index in [1.807, 2.05) is 56.3 Å². The van der Waals surface area contributed by atoms with Crippen LogP contribution in [0.25, 0.3) is 10.9 Å². The first-order valence-electron chi connectivity index (χ1n) is 7.43. The maximum absolute atomic E-state index is 12.6. The number of halogens is 1. The van der Waals surface area contributed by atoms with Gasteiger partial charge in [-0.15, -0.1) is 0 Å². The number of carbonyl (C=O) groups excluding carboxylic acids is 1. The summed E-state index contributed by atoms with van der Waals surface area (Å²) in [6.45, 7) is 4.46. The summed E-state index contributed by atoms with van der Waals surface area (Å²) < 4.78 is 0.934. The molecule has 0 saturated heterocycles. The average molecular weight is 369 g/mol. The zero-order valence-corrected chi connectivity index (χ0v) is 14.6. The molecule has 3 rings (SSSR count). The van der Waals surface area contributed by atoms with Gasteiger partial charge in [0.1, 0.15) is 0 Å². The van der Waals surface area contributed by atoms with Gasteiger partial charge in [-0.2, -0.15) is 0 Å². The summed E-state index contributed by atoms with van der Waals surface area (Å²) in [6.07, 6.45) is 0. The number of benzene rings is 2. The number of fused-ring (bicyclic) bond motifs is 1. The van der Waals surface area contributed by atoms with E-state index in [0.29, 0.717) is 12.1 Å². The Morgan fingerprint density at radius 3 is 2.74 bits per heavy atom. The van der Waals surface area contributed by atoms with Gasteiger partial charge >= 0.3 is 0 Å². The summed E-state index contributed by atoms with van der Waals surface area (Å²) in [5.41, 5.74) is 4.59. The van der Waals surface area contributed by atoms with Crippen molar-refractivity contribution < 1.29 is 4.79 Å². The van der Waals surface area contributed by atoms with E-state index >= 15 is 0 Å². The van der Waals surface area contributed by atoms with Gasteiger partial charge in [-0.3, -0.25) is 9.78 Å². The Bertz CT molecular complexity index is 890. The number of amides is 1. The van der Waals surface area contributed by atoms with Crippen molar-refractivity contribution in [3.8, 4) is 0 Å². The van der Waals surface area contributed by atoms with Crippen LogP contribution < -0.4 is 5.32 Å². The molecule has 1 aromatic heterocycles. The van der Waals surface area contributed by atoms with Crippen molar-refractivity contribution in [2.24, 2.45) is 0 Å². The lowest BCUT2D eigenvalue weighted by Crippen LogP contribution is -2.23. The van der Waals surface area contributed by atoms with Crippen molar-refractivity contribution in [1.29, 1.82) is 0 Å². The molecule has 0 aliphatic carbocycles. The van der Waals surface area contributed by atoms with Crippen LogP contribution in [-0.4, -0.2) is 10.9 Å². The largest absolute Gasteiger partial charge is 0.348 e. The zero-order valence-electron chi connectivity index (χ0n) is 13.1. The molecule has 0 bridgehead atoms. The number of nitrogens with zero attached hydrogens (tertiary/aromatic N) is 1.